The van der Waals surface area contributed by atoms with Gasteiger partial charge in [0.05, 0.1) is 12.8 Å². The van der Waals surface area contributed by atoms with E-state index in [1.54, 1.807) is 46.9 Å². The maximum absolute atomic E-state index is 11.6. The Morgan fingerprint density at radius 2 is 2.00 bits per heavy atom. The summed E-state index contributed by atoms with van der Waals surface area (Å²) in [6.45, 7) is 1.39. The fraction of sp³-hybridized carbons (Fsp3) is 0.273. The number of benzene rings is 1. The molecule has 0 aliphatic rings. The highest BCUT2D eigenvalue weighted by Crippen LogP contribution is 2.23. The number of hydrogen-bond donors (Lipinski definition) is 1. The molecule has 0 saturated carbocycles. The van der Waals surface area contributed by atoms with Gasteiger partial charge in [-0.1, -0.05) is 34.7 Å². The second-order valence-corrected chi connectivity index (χ2v) is 4.41. The first-order chi connectivity index (χ1) is 7.56. The third kappa shape index (κ3) is 3.19. The monoisotopic (exact) mass is 333 g/mol. The lowest BCUT2D eigenvalue weighted by molar-refractivity contribution is -0.122. The van der Waals surface area contributed by atoms with Crippen LogP contribution in [0.1, 0.15) is 6.92 Å². The van der Waals surface area contributed by atoms with Gasteiger partial charge in [0.1, 0.15) is 9.67 Å². The summed E-state index contributed by atoms with van der Waals surface area (Å²) >= 11 is 1.81. The van der Waals surface area contributed by atoms with Gasteiger partial charge in [-0.2, -0.15) is 0 Å². The summed E-state index contributed by atoms with van der Waals surface area (Å²) in [5.74, 6) is 0.0635. The Morgan fingerprint density at radius 1 is 1.38 bits per heavy atom. The fourth-order valence-electron chi connectivity index (χ4n) is 1.13. The van der Waals surface area contributed by atoms with Gasteiger partial charge in [0.2, 0.25) is 5.91 Å². The molecule has 0 heterocycles. The third-order valence-electron chi connectivity index (χ3n) is 1.95. The second kappa shape index (κ2) is 5.83. The van der Waals surface area contributed by atoms with Crippen molar-refractivity contribution < 1.29 is 14.3 Å². The molecule has 0 saturated heterocycles. The Labute approximate surface area is 108 Å². The number of hydrogen-bond acceptors (Lipinski definition) is 3. The molecule has 86 valence electrons. The zero-order chi connectivity index (χ0) is 12.1. The number of alkyl halides is 1. The summed E-state index contributed by atoms with van der Waals surface area (Å²) in [5.41, 5.74) is 0.568. The molecule has 5 heteroatoms. The van der Waals surface area contributed by atoms with Crippen molar-refractivity contribution >= 4 is 40.0 Å². The highest BCUT2D eigenvalue weighted by molar-refractivity contribution is 14.1. The van der Waals surface area contributed by atoms with Crippen LogP contribution in [0.5, 0.6) is 5.75 Å². The van der Waals surface area contributed by atoms with Crippen LogP contribution in [0.3, 0.4) is 0 Å². The van der Waals surface area contributed by atoms with E-state index in [-0.39, 0.29) is 11.7 Å². The highest BCUT2D eigenvalue weighted by Gasteiger charge is 2.20. The van der Waals surface area contributed by atoms with Gasteiger partial charge in [-0.3, -0.25) is 9.59 Å². The lowest BCUT2D eigenvalue weighted by atomic mass is 10.2. The van der Waals surface area contributed by atoms with Crippen molar-refractivity contribution in [3.8, 4) is 5.75 Å². The summed E-state index contributed by atoms with van der Waals surface area (Å²) in [5, 5.41) is 2.65. The number of nitrogens with one attached hydrogen (secondary N) is 1. The van der Waals surface area contributed by atoms with Crippen LogP contribution in [0, 0.1) is 0 Å². The standard InChI is InChI=1S/C11H12INO3/c1-7(14)10(12)11(15)13-8-5-3-4-6-9(8)16-2/h3-6,10H,1-2H3,(H,13,15). The molecule has 1 aromatic rings. The number of Topliss-reactive ketones (excluding diaryl/α,β-unsaturated/α-hetero) is 1. The van der Waals surface area contributed by atoms with Crippen LogP contribution in [0.2, 0.25) is 0 Å². The Balaban J connectivity index is 2.80. The van der Waals surface area contributed by atoms with Crippen LogP contribution < -0.4 is 10.1 Å². The second-order valence-electron chi connectivity index (χ2n) is 3.16. The minimum Gasteiger partial charge on any atom is -0.495 e. The molecule has 1 atom stereocenters. The van der Waals surface area contributed by atoms with Crippen molar-refractivity contribution in [3.05, 3.63) is 24.3 Å². The Bertz CT molecular complexity index is 406. The molecule has 1 unspecified atom stereocenters. The minimum atomic E-state index is -0.678. The SMILES string of the molecule is COc1ccccc1NC(=O)C(I)C(C)=O. The normalized spacial score (nSPS) is 11.7. The van der Waals surface area contributed by atoms with Gasteiger partial charge in [-0.05, 0) is 19.1 Å². The van der Waals surface area contributed by atoms with Gasteiger partial charge in [0.25, 0.3) is 0 Å². The van der Waals surface area contributed by atoms with Gasteiger partial charge >= 0.3 is 0 Å². The first kappa shape index (κ1) is 13.0. The fourth-order valence-corrected chi connectivity index (χ4v) is 1.28. The quantitative estimate of drug-likeness (QED) is 0.521. The van der Waals surface area contributed by atoms with E-state index in [1.165, 1.54) is 14.0 Å². The topological polar surface area (TPSA) is 55.4 Å². The number of carbonyl (C=O) groups excluding carboxylic acids is 2. The number of amides is 1. The Kier molecular flexibility index (Phi) is 4.72. The molecule has 0 aromatic heterocycles. The predicted octanol–water partition coefficient (Wildman–Crippen LogP) is 2.03. The van der Waals surface area contributed by atoms with Crippen molar-refractivity contribution in [2.24, 2.45) is 0 Å². The van der Waals surface area contributed by atoms with Crippen LogP contribution in [0.4, 0.5) is 5.69 Å². The smallest absolute Gasteiger partial charge is 0.244 e. The maximum atomic E-state index is 11.6. The van der Waals surface area contributed by atoms with Gasteiger partial charge < -0.3 is 10.1 Å². The number of para-hydroxylation sites is 2. The van der Waals surface area contributed by atoms with Crippen LogP contribution in [-0.2, 0) is 9.59 Å². The Morgan fingerprint density at radius 3 is 2.56 bits per heavy atom. The van der Waals surface area contributed by atoms with E-state index in [1.807, 2.05) is 0 Å². The summed E-state index contributed by atoms with van der Waals surface area (Å²) in [4.78, 5) is 22.7. The number of ether oxygens (including phenoxy) is 1. The van der Waals surface area contributed by atoms with Crippen LogP contribution >= 0.6 is 22.6 Å². The van der Waals surface area contributed by atoms with E-state index in [0.717, 1.165) is 0 Å². The van der Waals surface area contributed by atoms with Crippen molar-refractivity contribution in [3.63, 3.8) is 0 Å². The van der Waals surface area contributed by atoms with Gasteiger partial charge in [0, 0.05) is 0 Å². The van der Waals surface area contributed by atoms with Crippen molar-refractivity contribution in [1.29, 1.82) is 0 Å². The average Bonchev–Trinajstić information content (AvgIpc) is 2.28. The van der Waals surface area contributed by atoms with E-state index in [9.17, 15) is 9.59 Å². The summed E-state index contributed by atoms with van der Waals surface area (Å²) in [6.07, 6.45) is 0. The minimum absolute atomic E-state index is 0.173. The number of anilines is 1. The molecule has 0 bridgehead atoms. The maximum Gasteiger partial charge on any atom is 0.244 e. The van der Waals surface area contributed by atoms with Crippen LogP contribution in [0.25, 0.3) is 0 Å². The predicted molar refractivity (Wildman–Crippen MR) is 70.1 cm³/mol. The van der Waals surface area contributed by atoms with Gasteiger partial charge in [-0.15, -0.1) is 0 Å². The lowest BCUT2D eigenvalue weighted by Crippen LogP contribution is -2.28. The number of methoxy groups -OCH3 is 1. The average molecular weight is 333 g/mol. The number of rotatable bonds is 4. The molecular weight excluding hydrogens is 321 g/mol. The van der Waals surface area contributed by atoms with E-state index < -0.39 is 3.92 Å². The van der Waals surface area contributed by atoms with Crippen molar-refractivity contribution in [2.45, 2.75) is 10.8 Å². The Hall–Kier alpha value is -1.11. The summed E-state index contributed by atoms with van der Waals surface area (Å²) in [6, 6.07) is 7.06. The van der Waals surface area contributed by atoms with Crippen molar-refractivity contribution in [1.82, 2.24) is 0 Å². The third-order valence-corrected chi connectivity index (χ3v) is 3.39. The molecule has 1 N–H and O–H groups in total. The van der Waals surface area contributed by atoms with E-state index in [4.69, 9.17) is 4.74 Å². The lowest BCUT2D eigenvalue weighted by Gasteiger charge is -2.11. The molecule has 16 heavy (non-hydrogen) atoms. The largest absolute Gasteiger partial charge is 0.495 e. The number of halogens is 1. The number of ketones is 1. The molecule has 1 aromatic carbocycles. The molecular formula is C11H12INO3. The molecule has 0 spiro atoms. The first-order valence-electron chi connectivity index (χ1n) is 4.64. The summed E-state index contributed by atoms with van der Waals surface area (Å²) < 4.78 is 4.41. The summed E-state index contributed by atoms with van der Waals surface area (Å²) in [7, 11) is 1.53. The molecule has 0 fully saturated rings. The molecule has 0 aliphatic heterocycles. The van der Waals surface area contributed by atoms with E-state index in [0.29, 0.717) is 11.4 Å². The van der Waals surface area contributed by atoms with Crippen molar-refractivity contribution in [2.75, 3.05) is 12.4 Å². The molecule has 1 amide bonds. The van der Waals surface area contributed by atoms with E-state index >= 15 is 0 Å². The molecule has 0 radical (unpaired) electrons. The van der Waals surface area contributed by atoms with Crippen LogP contribution in [-0.4, -0.2) is 22.7 Å². The van der Waals surface area contributed by atoms with Crippen LogP contribution in [0.15, 0.2) is 24.3 Å². The zero-order valence-electron chi connectivity index (χ0n) is 8.99. The highest BCUT2D eigenvalue weighted by atomic mass is 127. The zero-order valence-corrected chi connectivity index (χ0v) is 11.1. The van der Waals surface area contributed by atoms with E-state index in [2.05, 4.69) is 5.32 Å². The first-order valence-corrected chi connectivity index (χ1v) is 5.89. The van der Waals surface area contributed by atoms with Gasteiger partial charge in [0.15, 0.2) is 5.78 Å². The van der Waals surface area contributed by atoms with Gasteiger partial charge in [-0.25, -0.2) is 0 Å². The molecule has 1 rings (SSSR count). The molecule has 4 nitrogen and oxygen atoms in total. The molecule has 0 aliphatic carbocycles. The number of carbonyl (C=O) groups is 2.